The van der Waals surface area contributed by atoms with Gasteiger partial charge in [-0.2, -0.15) is 0 Å². The largest absolute Gasteiger partial charge is 0.497 e. The molecule has 0 amide bonds. The first-order chi connectivity index (χ1) is 18.0. The predicted octanol–water partition coefficient (Wildman–Crippen LogP) is 5.08. The second-order valence-electron chi connectivity index (χ2n) is 8.68. The molecule has 0 radical (unpaired) electrons. The van der Waals surface area contributed by atoms with Crippen LogP contribution in [0, 0.1) is 0 Å². The molecule has 186 valence electrons. The number of pyridine rings is 3. The van der Waals surface area contributed by atoms with Gasteiger partial charge in [0.2, 0.25) is 0 Å². The van der Waals surface area contributed by atoms with E-state index in [0.29, 0.717) is 30.3 Å². The highest BCUT2D eigenvalue weighted by molar-refractivity contribution is 5.96. The molecule has 3 heterocycles. The van der Waals surface area contributed by atoms with E-state index >= 15 is 0 Å². The lowest BCUT2D eigenvalue weighted by Gasteiger charge is -2.26. The van der Waals surface area contributed by atoms with E-state index in [4.69, 9.17) is 25.9 Å². The molecule has 0 unspecified atom stereocenters. The third-order valence-corrected chi connectivity index (χ3v) is 6.21. The fourth-order valence-corrected chi connectivity index (χ4v) is 4.25. The first-order valence-electron chi connectivity index (χ1n) is 11.8. The van der Waals surface area contributed by atoms with Crippen LogP contribution in [0.1, 0.15) is 11.1 Å². The van der Waals surface area contributed by atoms with Gasteiger partial charge in [-0.1, -0.05) is 24.3 Å². The van der Waals surface area contributed by atoms with E-state index in [9.17, 15) is 0 Å². The van der Waals surface area contributed by atoms with Gasteiger partial charge < -0.3 is 25.8 Å². The van der Waals surface area contributed by atoms with Gasteiger partial charge in [0.1, 0.15) is 23.1 Å². The van der Waals surface area contributed by atoms with Crippen molar-refractivity contribution in [3.05, 3.63) is 96.4 Å². The van der Waals surface area contributed by atoms with E-state index in [2.05, 4.69) is 39.1 Å². The molecule has 5 aromatic rings. The minimum absolute atomic E-state index is 0.437. The molecule has 0 atom stereocenters. The molecule has 0 fully saturated rings. The molecule has 8 heteroatoms. The number of nitrogens with two attached hydrogens (primary N) is 2. The van der Waals surface area contributed by atoms with Gasteiger partial charge in [0.15, 0.2) is 0 Å². The van der Waals surface area contributed by atoms with Gasteiger partial charge in [0, 0.05) is 48.3 Å². The number of aromatic nitrogens is 3. The number of nitrogens with zero attached hydrogens (tertiary/aromatic N) is 4. The quantitative estimate of drug-likeness (QED) is 0.308. The summed E-state index contributed by atoms with van der Waals surface area (Å²) in [5, 5.41) is 1.81. The number of hydrogen-bond acceptors (Lipinski definition) is 8. The number of fused-ring (bicyclic) bond motifs is 1. The zero-order valence-corrected chi connectivity index (χ0v) is 20.8. The normalized spacial score (nSPS) is 10.9. The minimum atomic E-state index is 0.437. The fraction of sp³-hybridized carbons (Fsp3) is 0.138. The van der Waals surface area contributed by atoms with Crippen LogP contribution in [0.15, 0.2) is 85.3 Å². The highest BCUT2D eigenvalue weighted by Crippen LogP contribution is 2.34. The number of hydrogen-bond donors (Lipinski definition) is 2. The summed E-state index contributed by atoms with van der Waals surface area (Å²) >= 11 is 0. The maximum absolute atomic E-state index is 6.30. The van der Waals surface area contributed by atoms with Gasteiger partial charge >= 0.3 is 0 Å². The van der Waals surface area contributed by atoms with Crippen LogP contribution in [-0.4, -0.2) is 29.2 Å². The van der Waals surface area contributed by atoms with E-state index in [0.717, 1.165) is 44.8 Å². The zero-order chi connectivity index (χ0) is 25.8. The molecule has 0 bridgehead atoms. The molecule has 2 aromatic carbocycles. The molecule has 0 saturated carbocycles. The van der Waals surface area contributed by atoms with E-state index in [1.165, 1.54) is 0 Å². The van der Waals surface area contributed by atoms with Crippen molar-refractivity contribution in [1.29, 1.82) is 0 Å². The molecule has 8 nitrogen and oxygen atoms in total. The Labute approximate surface area is 215 Å². The fourth-order valence-electron chi connectivity index (χ4n) is 4.25. The molecule has 0 aliphatic heterocycles. The average molecular weight is 493 g/mol. The smallest absolute Gasteiger partial charge is 0.139 e. The standard InChI is InChI=1S/C29H28N6O2/c1-36-22-7-3-19(4-8-22)17-35(18-20-5-9-23(37-2)10-6-20)29-24-16-33-28(31)14-21(24)13-27(34-29)25-15-32-12-11-26(25)30/h3-16H,17-18H2,1-2H3,(H2,30,32)(H2,31,33). The summed E-state index contributed by atoms with van der Waals surface area (Å²) in [4.78, 5) is 16.0. The Hall–Kier alpha value is -4.85. The van der Waals surface area contributed by atoms with Gasteiger partial charge in [0.25, 0.3) is 0 Å². The summed E-state index contributed by atoms with van der Waals surface area (Å²) < 4.78 is 10.7. The Balaban J connectivity index is 1.65. The Morgan fingerprint density at radius 3 is 1.97 bits per heavy atom. The first-order valence-corrected chi connectivity index (χ1v) is 11.8. The van der Waals surface area contributed by atoms with Gasteiger partial charge in [-0.15, -0.1) is 0 Å². The molecule has 4 N–H and O–H groups in total. The number of rotatable bonds is 8. The third kappa shape index (κ3) is 5.23. The van der Waals surface area contributed by atoms with E-state index < -0.39 is 0 Å². The molecular formula is C29H28N6O2. The van der Waals surface area contributed by atoms with E-state index in [-0.39, 0.29) is 0 Å². The summed E-state index contributed by atoms with van der Waals surface area (Å²) in [6.45, 7) is 1.21. The van der Waals surface area contributed by atoms with Crippen molar-refractivity contribution in [3.8, 4) is 22.8 Å². The zero-order valence-electron chi connectivity index (χ0n) is 20.8. The van der Waals surface area contributed by atoms with Gasteiger partial charge in [-0.25, -0.2) is 9.97 Å². The van der Waals surface area contributed by atoms with Crippen LogP contribution in [0.5, 0.6) is 11.5 Å². The van der Waals surface area contributed by atoms with E-state index in [1.807, 2.05) is 36.4 Å². The lowest BCUT2D eigenvalue weighted by molar-refractivity contribution is 0.414. The number of benzene rings is 2. The van der Waals surface area contributed by atoms with Crippen molar-refractivity contribution >= 4 is 28.1 Å². The van der Waals surface area contributed by atoms with Crippen molar-refractivity contribution in [1.82, 2.24) is 15.0 Å². The number of methoxy groups -OCH3 is 2. The summed E-state index contributed by atoms with van der Waals surface area (Å²) in [5.74, 6) is 2.83. The highest BCUT2D eigenvalue weighted by Gasteiger charge is 2.18. The Morgan fingerprint density at radius 2 is 1.41 bits per heavy atom. The van der Waals surface area contributed by atoms with Crippen molar-refractivity contribution < 1.29 is 9.47 Å². The van der Waals surface area contributed by atoms with Crippen LogP contribution in [0.3, 0.4) is 0 Å². The van der Waals surface area contributed by atoms with Crippen molar-refractivity contribution in [2.75, 3.05) is 30.6 Å². The van der Waals surface area contributed by atoms with Crippen LogP contribution < -0.4 is 25.8 Å². The predicted molar refractivity (Wildman–Crippen MR) is 147 cm³/mol. The molecule has 37 heavy (non-hydrogen) atoms. The number of ether oxygens (including phenoxy) is 2. The molecule has 3 aromatic heterocycles. The Bertz CT molecular complexity index is 1470. The molecule has 0 spiro atoms. The molecule has 0 aliphatic carbocycles. The van der Waals surface area contributed by atoms with Crippen LogP contribution in [0.4, 0.5) is 17.3 Å². The second-order valence-corrected chi connectivity index (χ2v) is 8.68. The first kappa shape index (κ1) is 23.9. The summed E-state index contributed by atoms with van der Waals surface area (Å²) in [6, 6.07) is 21.7. The average Bonchev–Trinajstić information content (AvgIpc) is 2.93. The monoisotopic (exact) mass is 492 g/mol. The second kappa shape index (κ2) is 10.4. The van der Waals surface area contributed by atoms with Gasteiger partial charge in [0.05, 0.1) is 19.9 Å². The van der Waals surface area contributed by atoms with Gasteiger partial charge in [-0.05, 0) is 59.0 Å². The van der Waals surface area contributed by atoms with Crippen molar-refractivity contribution in [2.24, 2.45) is 0 Å². The molecule has 5 rings (SSSR count). The minimum Gasteiger partial charge on any atom is -0.497 e. The summed E-state index contributed by atoms with van der Waals surface area (Å²) in [5.41, 5.74) is 16.7. The maximum atomic E-state index is 6.30. The number of anilines is 3. The Kier molecular flexibility index (Phi) is 6.72. The summed E-state index contributed by atoms with van der Waals surface area (Å²) in [7, 11) is 3.32. The van der Waals surface area contributed by atoms with E-state index in [1.54, 1.807) is 38.9 Å². The summed E-state index contributed by atoms with van der Waals surface area (Å²) in [6.07, 6.45) is 5.18. The van der Waals surface area contributed by atoms with Crippen LogP contribution in [0.2, 0.25) is 0 Å². The highest BCUT2D eigenvalue weighted by atomic mass is 16.5. The van der Waals surface area contributed by atoms with Gasteiger partial charge in [-0.3, -0.25) is 4.98 Å². The van der Waals surface area contributed by atoms with Crippen molar-refractivity contribution in [3.63, 3.8) is 0 Å². The third-order valence-electron chi connectivity index (χ3n) is 6.21. The van der Waals surface area contributed by atoms with Crippen molar-refractivity contribution in [2.45, 2.75) is 13.1 Å². The lowest BCUT2D eigenvalue weighted by Crippen LogP contribution is -2.24. The SMILES string of the molecule is COc1ccc(CN(Cc2ccc(OC)cc2)c2nc(-c3cnccc3N)cc3cc(N)ncc23)cc1. The van der Waals surface area contributed by atoms with Crippen LogP contribution in [-0.2, 0) is 13.1 Å². The maximum Gasteiger partial charge on any atom is 0.139 e. The Morgan fingerprint density at radius 1 is 0.784 bits per heavy atom. The molecular weight excluding hydrogens is 464 g/mol. The molecule has 0 saturated heterocycles. The number of nitrogen functional groups attached to an aromatic ring is 2. The lowest BCUT2D eigenvalue weighted by atomic mass is 10.1. The molecule has 0 aliphatic rings. The topological polar surface area (TPSA) is 112 Å². The van der Waals surface area contributed by atoms with Crippen LogP contribution in [0.25, 0.3) is 22.0 Å². The van der Waals surface area contributed by atoms with Crippen LogP contribution >= 0.6 is 0 Å².